The molecule has 0 N–H and O–H groups in total. The van der Waals surface area contributed by atoms with Crippen molar-refractivity contribution in [2.45, 2.75) is 19.8 Å². The second kappa shape index (κ2) is 6.98. The molecule has 0 spiro atoms. The van der Waals surface area contributed by atoms with Crippen molar-refractivity contribution in [2.75, 3.05) is 0 Å². The molecule has 2 rings (SSSR count). The Labute approximate surface area is 128 Å². The van der Waals surface area contributed by atoms with E-state index in [0.29, 0.717) is 10.9 Å². The summed E-state index contributed by atoms with van der Waals surface area (Å²) >= 11 is 0. The molecule has 0 unspecified atom stereocenters. The molecule has 0 bridgehead atoms. The molecule has 0 aromatic carbocycles. The Morgan fingerprint density at radius 1 is 1.00 bits per heavy atom. The highest BCUT2D eigenvalue weighted by Crippen LogP contribution is 2.27. The van der Waals surface area contributed by atoms with Gasteiger partial charge in [-0.2, -0.15) is 36.7 Å². The molecule has 0 fully saturated rings. The van der Waals surface area contributed by atoms with Crippen molar-refractivity contribution >= 4 is 11.6 Å². The van der Waals surface area contributed by atoms with E-state index in [1.807, 2.05) is 0 Å². The van der Waals surface area contributed by atoms with Gasteiger partial charge in [0.05, 0.1) is 6.20 Å². The summed E-state index contributed by atoms with van der Waals surface area (Å²) in [5.41, 5.74) is 1.64. The number of aromatic nitrogens is 2. The van der Waals surface area contributed by atoms with Crippen molar-refractivity contribution in [2.24, 2.45) is 5.10 Å². The molecule has 1 aromatic rings. The maximum absolute atomic E-state index is 12.3. The maximum Gasteiger partial charge on any atom is 0.388 e. The zero-order valence-corrected chi connectivity index (χ0v) is 11.0. The van der Waals surface area contributed by atoms with Crippen LogP contribution >= 0.6 is 0 Å². The molecule has 8 nitrogen and oxygen atoms in total. The van der Waals surface area contributed by atoms with Gasteiger partial charge in [-0.1, -0.05) is 0 Å². The van der Waals surface area contributed by atoms with E-state index in [0.717, 1.165) is 0 Å². The van der Waals surface area contributed by atoms with Gasteiger partial charge in [0.2, 0.25) is 5.69 Å². The lowest BCUT2D eigenvalue weighted by Gasteiger charge is -2.09. The fourth-order valence-corrected chi connectivity index (χ4v) is 1.53. The Kier molecular flexibility index (Phi) is 5.02. The molecule has 2 heterocycles. The van der Waals surface area contributed by atoms with Gasteiger partial charge in [-0.05, 0) is 0 Å². The minimum Gasteiger partial charge on any atom is -0.430 e. The van der Waals surface area contributed by atoms with Crippen LogP contribution in [0.3, 0.4) is 0 Å². The van der Waals surface area contributed by atoms with Crippen molar-refractivity contribution < 1.29 is 40.6 Å². The highest BCUT2D eigenvalue weighted by molar-refractivity contribution is 6.15. The molecule has 0 saturated heterocycles. The van der Waals surface area contributed by atoms with Gasteiger partial charge in [0, 0.05) is 0 Å². The molecular formula is C10H4F6N5O3. The summed E-state index contributed by atoms with van der Waals surface area (Å²) < 4.78 is 86.2. The van der Waals surface area contributed by atoms with Crippen molar-refractivity contribution in [1.29, 1.82) is 5.26 Å². The monoisotopic (exact) mass is 356 g/mol. The summed E-state index contributed by atoms with van der Waals surface area (Å²) in [6.45, 7) is -10.1. The third kappa shape index (κ3) is 3.80. The Hall–Kier alpha value is -3.11. The van der Waals surface area contributed by atoms with Crippen LogP contribution in [0.25, 0.3) is 5.70 Å². The largest absolute Gasteiger partial charge is 0.430 e. The third-order valence-corrected chi connectivity index (χ3v) is 2.27. The first-order chi connectivity index (χ1) is 11.3. The number of hydrogen-bond acceptors (Lipinski definition) is 6. The molecule has 0 atom stereocenters. The van der Waals surface area contributed by atoms with E-state index in [1.54, 1.807) is 0 Å². The van der Waals surface area contributed by atoms with Gasteiger partial charge in [0.1, 0.15) is 6.07 Å². The van der Waals surface area contributed by atoms with Crippen molar-refractivity contribution in [3.05, 3.63) is 17.8 Å². The minimum atomic E-state index is -3.40. The quantitative estimate of drug-likeness (QED) is 0.726. The average Bonchev–Trinajstić information content (AvgIpc) is 3.01. The van der Waals surface area contributed by atoms with Crippen LogP contribution in [0, 0.1) is 11.3 Å². The maximum atomic E-state index is 12.3. The molecule has 1 aliphatic heterocycles. The summed E-state index contributed by atoms with van der Waals surface area (Å²) in [5, 5.41) is 15.3. The summed E-state index contributed by atoms with van der Waals surface area (Å²) in [5.74, 6) is -2.69. The molecular weight excluding hydrogens is 352 g/mol. The molecule has 0 amide bonds. The van der Waals surface area contributed by atoms with E-state index >= 15 is 0 Å². The van der Waals surface area contributed by atoms with Crippen molar-refractivity contribution in [3.8, 4) is 11.8 Å². The minimum absolute atomic E-state index is 0.464. The van der Waals surface area contributed by atoms with Gasteiger partial charge in [-0.25, -0.2) is 4.68 Å². The highest BCUT2D eigenvalue weighted by Gasteiger charge is 2.32. The standard InChI is InChI=1S/C10H4F6N5O3/c11-8(12)22-4-2-21(20-3(4)1-17)5-6(23-9(13)14)18-19-7(5)24-10(15)16/h2,8-10H. The fourth-order valence-electron chi connectivity index (χ4n) is 1.53. The normalized spacial score (nSPS) is 14.1. The fraction of sp³-hybridized carbons (Fsp3) is 0.300. The van der Waals surface area contributed by atoms with Gasteiger partial charge < -0.3 is 14.2 Å². The van der Waals surface area contributed by atoms with Gasteiger partial charge in [0.25, 0.3) is 11.8 Å². The third-order valence-electron chi connectivity index (χ3n) is 2.27. The van der Waals surface area contributed by atoms with Crippen LogP contribution in [0.4, 0.5) is 26.3 Å². The van der Waals surface area contributed by atoms with E-state index in [-0.39, 0.29) is 0 Å². The number of nitriles is 1. The molecule has 14 heteroatoms. The molecule has 1 aromatic heterocycles. The lowest BCUT2D eigenvalue weighted by Crippen LogP contribution is -2.16. The molecule has 129 valence electrons. The highest BCUT2D eigenvalue weighted by atomic mass is 19.3. The number of nitrogens with zero attached hydrogens (tertiary/aromatic N) is 5. The molecule has 1 aliphatic rings. The number of rotatable bonds is 6. The second-order valence-corrected chi connectivity index (χ2v) is 3.69. The van der Waals surface area contributed by atoms with Gasteiger partial charge in [-0.15, -0.1) is 10.5 Å². The van der Waals surface area contributed by atoms with Crippen LogP contribution in [0.15, 0.2) is 17.2 Å². The van der Waals surface area contributed by atoms with Crippen molar-refractivity contribution in [3.63, 3.8) is 0 Å². The summed E-state index contributed by atoms with van der Waals surface area (Å²) in [7, 11) is 0. The van der Waals surface area contributed by atoms with Crippen LogP contribution < -0.4 is 10.2 Å². The van der Waals surface area contributed by atoms with E-state index in [2.05, 4.69) is 29.8 Å². The van der Waals surface area contributed by atoms with Gasteiger partial charge in [-0.3, -0.25) is 0 Å². The first kappa shape index (κ1) is 17.2. The van der Waals surface area contributed by atoms with E-state index in [1.165, 1.54) is 6.07 Å². The lowest BCUT2D eigenvalue weighted by molar-refractivity contribution is -0.101. The summed E-state index contributed by atoms with van der Waals surface area (Å²) in [6, 6.07) is 1.39. The van der Waals surface area contributed by atoms with Crippen LogP contribution in [0.5, 0.6) is 5.75 Å². The number of alkyl halides is 6. The smallest absolute Gasteiger partial charge is 0.388 e. The van der Waals surface area contributed by atoms with E-state index in [9.17, 15) is 26.3 Å². The first-order valence-corrected chi connectivity index (χ1v) is 5.69. The number of halogens is 6. The van der Waals surface area contributed by atoms with E-state index in [4.69, 9.17) is 5.26 Å². The molecule has 0 saturated carbocycles. The first-order valence-electron chi connectivity index (χ1n) is 5.69. The number of ether oxygens (including phenoxy) is 3. The van der Waals surface area contributed by atoms with E-state index < -0.39 is 48.8 Å². The Morgan fingerprint density at radius 2 is 1.62 bits per heavy atom. The van der Waals surface area contributed by atoms with Crippen molar-refractivity contribution in [1.82, 2.24) is 15.2 Å². The second-order valence-electron chi connectivity index (χ2n) is 3.69. The zero-order valence-electron chi connectivity index (χ0n) is 11.0. The topological polar surface area (TPSA) is 95.8 Å². The Bertz CT molecular complexity index is 710. The summed E-state index contributed by atoms with van der Waals surface area (Å²) in [6.07, 6.45) is 0.639. The van der Waals surface area contributed by atoms with Crippen LogP contribution in [-0.2, 0) is 9.47 Å². The van der Waals surface area contributed by atoms with Gasteiger partial charge >= 0.3 is 19.8 Å². The lowest BCUT2D eigenvalue weighted by atomic mass is 10.4. The predicted molar refractivity (Wildman–Crippen MR) is 60.5 cm³/mol. The zero-order chi connectivity index (χ0) is 17.9. The summed E-state index contributed by atoms with van der Waals surface area (Å²) in [4.78, 5) is 0. The average molecular weight is 356 g/mol. The van der Waals surface area contributed by atoms with Gasteiger partial charge in [0.15, 0.2) is 11.4 Å². The SMILES string of the molecule is N#Cc1nn(C2=C(OC(F)F)[N]N=C2OC(F)F)cc1OC(F)F. The van der Waals surface area contributed by atoms with Crippen LogP contribution in [0.2, 0.25) is 0 Å². The predicted octanol–water partition coefficient (Wildman–Crippen LogP) is 1.89. The molecule has 1 radical (unpaired) electrons. The molecule has 0 aliphatic carbocycles. The number of hydrogen-bond donors (Lipinski definition) is 0. The molecule has 24 heavy (non-hydrogen) atoms. The Balaban J connectivity index is 2.45. The Morgan fingerprint density at radius 3 is 2.17 bits per heavy atom. The van der Waals surface area contributed by atoms with Crippen LogP contribution in [0.1, 0.15) is 5.69 Å². The van der Waals surface area contributed by atoms with Crippen LogP contribution in [-0.4, -0.2) is 35.5 Å².